The molecule has 0 radical (unpaired) electrons. The summed E-state index contributed by atoms with van der Waals surface area (Å²) in [7, 11) is 0. The van der Waals surface area contributed by atoms with Crippen molar-refractivity contribution in [1.82, 2.24) is 5.32 Å². The third-order valence-corrected chi connectivity index (χ3v) is 4.79. The SMILES string of the molecule is CC(=O)NC1C(=O)N(CCCOc2ccccc2C)c2c(C)cc(C)cc21. The van der Waals surface area contributed by atoms with Crippen LogP contribution in [-0.2, 0) is 9.59 Å². The normalized spacial score (nSPS) is 15.6. The van der Waals surface area contributed by atoms with E-state index in [1.807, 2.05) is 51.1 Å². The molecule has 0 spiro atoms. The van der Waals surface area contributed by atoms with Crippen molar-refractivity contribution in [2.24, 2.45) is 0 Å². The molecule has 0 saturated carbocycles. The van der Waals surface area contributed by atoms with E-state index in [9.17, 15) is 9.59 Å². The third-order valence-electron chi connectivity index (χ3n) is 4.79. The first-order valence-corrected chi connectivity index (χ1v) is 9.26. The highest BCUT2D eigenvalue weighted by Crippen LogP contribution is 2.39. The molecule has 3 rings (SSSR count). The Morgan fingerprint density at radius 2 is 1.89 bits per heavy atom. The van der Waals surface area contributed by atoms with Gasteiger partial charge >= 0.3 is 0 Å². The van der Waals surface area contributed by atoms with E-state index < -0.39 is 6.04 Å². The van der Waals surface area contributed by atoms with Gasteiger partial charge in [-0.1, -0.05) is 35.9 Å². The predicted octanol–water partition coefficient (Wildman–Crippen LogP) is 3.60. The molecule has 2 aromatic carbocycles. The number of para-hydroxylation sites is 1. The number of amides is 2. The average Bonchev–Trinajstić information content (AvgIpc) is 2.85. The van der Waals surface area contributed by atoms with Crippen molar-refractivity contribution < 1.29 is 14.3 Å². The van der Waals surface area contributed by atoms with Crippen LogP contribution in [0.15, 0.2) is 36.4 Å². The van der Waals surface area contributed by atoms with Gasteiger partial charge in [0, 0.05) is 19.0 Å². The van der Waals surface area contributed by atoms with Crippen LogP contribution >= 0.6 is 0 Å². The molecule has 1 heterocycles. The molecule has 2 amide bonds. The Kier molecular flexibility index (Phi) is 5.49. The Morgan fingerprint density at radius 3 is 2.59 bits per heavy atom. The topological polar surface area (TPSA) is 58.6 Å². The summed E-state index contributed by atoms with van der Waals surface area (Å²) in [5, 5.41) is 2.79. The zero-order chi connectivity index (χ0) is 19.6. The van der Waals surface area contributed by atoms with Crippen LogP contribution in [0.3, 0.4) is 0 Å². The fourth-order valence-corrected chi connectivity index (χ4v) is 3.67. The number of rotatable bonds is 6. The largest absolute Gasteiger partial charge is 0.493 e. The van der Waals surface area contributed by atoms with Gasteiger partial charge in [-0.15, -0.1) is 0 Å². The Bertz CT molecular complexity index is 876. The minimum absolute atomic E-state index is 0.0789. The maximum atomic E-state index is 13.0. The summed E-state index contributed by atoms with van der Waals surface area (Å²) in [5.74, 6) is 0.585. The molecule has 142 valence electrons. The highest BCUT2D eigenvalue weighted by atomic mass is 16.5. The minimum Gasteiger partial charge on any atom is -0.493 e. The van der Waals surface area contributed by atoms with Gasteiger partial charge in [-0.05, 0) is 44.4 Å². The minimum atomic E-state index is -0.603. The summed E-state index contributed by atoms with van der Waals surface area (Å²) >= 11 is 0. The second-order valence-corrected chi connectivity index (χ2v) is 7.11. The van der Waals surface area contributed by atoms with Crippen LogP contribution < -0.4 is 15.0 Å². The number of hydrogen-bond donors (Lipinski definition) is 1. The van der Waals surface area contributed by atoms with Crippen molar-refractivity contribution in [1.29, 1.82) is 0 Å². The van der Waals surface area contributed by atoms with Crippen molar-refractivity contribution in [3.05, 3.63) is 58.7 Å². The lowest BCUT2D eigenvalue weighted by atomic mass is 10.0. The Morgan fingerprint density at radius 1 is 1.15 bits per heavy atom. The Hall–Kier alpha value is -2.82. The van der Waals surface area contributed by atoms with Crippen molar-refractivity contribution in [2.45, 2.75) is 40.2 Å². The Balaban J connectivity index is 1.73. The summed E-state index contributed by atoms with van der Waals surface area (Å²) in [4.78, 5) is 26.3. The number of nitrogens with one attached hydrogen (secondary N) is 1. The molecule has 1 aliphatic rings. The molecule has 1 unspecified atom stereocenters. The molecule has 5 nitrogen and oxygen atoms in total. The Labute approximate surface area is 160 Å². The van der Waals surface area contributed by atoms with Crippen LogP contribution in [0.25, 0.3) is 0 Å². The number of aryl methyl sites for hydroxylation is 3. The fraction of sp³-hybridized carbons (Fsp3) is 0.364. The predicted molar refractivity (Wildman–Crippen MR) is 106 cm³/mol. The first-order chi connectivity index (χ1) is 12.9. The number of carbonyl (C=O) groups excluding carboxylic acids is 2. The standard InChI is InChI=1S/C22H26N2O3/c1-14-12-16(3)21-18(13-14)20(23-17(4)25)22(26)24(21)10-7-11-27-19-9-6-5-8-15(19)2/h5-6,8-9,12-13,20H,7,10-11H2,1-4H3,(H,23,25). The van der Waals surface area contributed by atoms with Gasteiger partial charge in [0.15, 0.2) is 0 Å². The smallest absolute Gasteiger partial charge is 0.254 e. The first kappa shape index (κ1) is 19.0. The summed E-state index contributed by atoms with van der Waals surface area (Å²) in [6.45, 7) is 8.54. The van der Waals surface area contributed by atoms with Gasteiger partial charge in [0.2, 0.25) is 5.91 Å². The lowest BCUT2D eigenvalue weighted by Gasteiger charge is -2.20. The van der Waals surface area contributed by atoms with E-state index in [4.69, 9.17) is 4.74 Å². The van der Waals surface area contributed by atoms with Crippen LogP contribution in [0.4, 0.5) is 5.69 Å². The molecule has 0 bridgehead atoms. The van der Waals surface area contributed by atoms with Crippen LogP contribution in [0, 0.1) is 20.8 Å². The van der Waals surface area contributed by atoms with E-state index >= 15 is 0 Å². The van der Waals surface area contributed by atoms with E-state index in [-0.39, 0.29) is 11.8 Å². The molecule has 1 atom stereocenters. The van der Waals surface area contributed by atoms with Crippen molar-refractivity contribution in [3.8, 4) is 5.75 Å². The molecular weight excluding hydrogens is 340 g/mol. The first-order valence-electron chi connectivity index (χ1n) is 9.26. The van der Waals surface area contributed by atoms with Crippen molar-refractivity contribution in [2.75, 3.05) is 18.1 Å². The second kappa shape index (κ2) is 7.82. The van der Waals surface area contributed by atoms with E-state index in [2.05, 4.69) is 11.4 Å². The molecule has 1 N–H and O–H groups in total. The van der Waals surface area contributed by atoms with E-state index in [0.29, 0.717) is 19.6 Å². The molecule has 1 aliphatic heterocycles. The lowest BCUT2D eigenvalue weighted by molar-refractivity contribution is -0.126. The number of anilines is 1. The van der Waals surface area contributed by atoms with Gasteiger partial charge in [-0.3, -0.25) is 9.59 Å². The molecular formula is C22H26N2O3. The van der Waals surface area contributed by atoms with E-state index in [1.54, 1.807) is 4.90 Å². The number of ether oxygens (including phenoxy) is 1. The second-order valence-electron chi connectivity index (χ2n) is 7.11. The van der Waals surface area contributed by atoms with Crippen molar-refractivity contribution in [3.63, 3.8) is 0 Å². The average molecular weight is 366 g/mol. The number of fused-ring (bicyclic) bond motifs is 1. The van der Waals surface area contributed by atoms with E-state index in [1.165, 1.54) is 6.92 Å². The van der Waals surface area contributed by atoms with Gasteiger partial charge in [0.05, 0.1) is 12.3 Å². The molecule has 27 heavy (non-hydrogen) atoms. The fourth-order valence-electron chi connectivity index (χ4n) is 3.67. The molecule has 0 saturated heterocycles. The number of nitrogens with zero attached hydrogens (tertiary/aromatic N) is 1. The summed E-state index contributed by atoms with van der Waals surface area (Å²) < 4.78 is 5.85. The highest BCUT2D eigenvalue weighted by Gasteiger charge is 2.38. The summed E-state index contributed by atoms with van der Waals surface area (Å²) in [6.07, 6.45) is 0.708. The van der Waals surface area contributed by atoms with Gasteiger partial charge in [-0.25, -0.2) is 0 Å². The van der Waals surface area contributed by atoms with Crippen LogP contribution in [0.2, 0.25) is 0 Å². The quantitative estimate of drug-likeness (QED) is 0.795. The van der Waals surface area contributed by atoms with Gasteiger partial charge < -0.3 is 15.0 Å². The van der Waals surface area contributed by atoms with Crippen LogP contribution in [-0.4, -0.2) is 25.0 Å². The third kappa shape index (κ3) is 3.97. The zero-order valence-corrected chi connectivity index (χ0v) is 16.3. The molecule has 0 fully saturated rings. The summed E-state index contributed by atoms with van der Waals surface area (Å²) in [5.41, 5.74) is 5.02. The molecule has 0 aromatic heterocycles. The maximum absolute atomic E-state index is 13.0. The van der Waals surface area contributed by atoms with Gasteiger partial charge in [0.1, 0.15) is 11.8 Å². The van der Waals surface area contributed by atoms with Crippen LogP contribution in [0.1, 0.15) is 41.6 Å². The lowest BCUT2D eigenvalue weighted by Crippen LogP contribution is -2.37. The van der Waals surface area contributed by atoms with Crippen LogP contribution in [0.5, 0.6) is 5.75 Å². The zero-order valence-electron chi connectivity index (χ0n) is 16.3. The highest BCUT2D eigenvalue weighted by molar-refractivity contribution is 6.06. The van der Waals surface area contributed by atoms with Gasteiger partial charge in [0.25, 0.3) is 5.91 Å². The number of benzene rings is 2. The monoisotopic (exact) mass is 366 g/mol. The van der Waals surface area contributed by atoms with Gasteiger partial charge in [-0.2, -0.15) is 0 Å². The number of carbonyl (C=O) groups is 2. The summed E-state index contributed by atoms with van der Waals surface area (Å²) in [6, 6.07) is 11.4. The molecule has 0 aliphatic carbocycles. The number of hydrogen-bond acceptors (Lipinski definition) is 3. The maximum Gasteiger partial charge on any atom is 0.254 e. The molecule has 5 heteroatoms. The van der Waals surface area contributed by atoms with E-state index in [0.717, 1.165) is 33.7 Å². The molecule has 2 aromatic rings. The van der Waals surface area contributed by atoms with Crippen molar-refractivity contribution >= 4 is 17.5 Å².